The molecule has 0 bridgehead atoms. The van der Waals surface area contributed by atoms with Crippen LogP contribution in [0.4, 0.5) is 4.39 Å². The van der Waals surface area contributed by atoms with E-state index in [9.17, 15) is 14.0 Å². The number of hydrogen-bond acceptors (Lipinski definition) is 3. The monoisotopic (exact) mass is 340 g/mol. The van der Waals surface area contributed by atoms with E-state index in [1.165, 1.54) is 16.7 Å². The molecule has 0 saturated heterocycles. The molecule has 0 fully saturated rings. The highest BCUT2D eigenvalue weighted by molar-refractivity contribution is 5.95. The van der Waals surface area contributed by atoms with Gasteiger partial charge in [0.15, 0.2) is 5.82 Å². The molecule has 0 unspecified atom stereocenters. The second-order valence-electron chi connectivity index (χ2n) is 5.68. The molecule has 7 heteroatoms. The lowest BCUT2D eigenvalue weighted by Gasteiger charge is -2.08. The maximum Gasteiger partial charge on any atom is 0.286 e. The smallest absolute Gasteiger partial charge is 0.286 e. The molecule has 3 N–H and O–H groups in total. The molecule has 3 rings (SSSR count). The van der Waals surface area contributed by atoms with Crippen molar-refractivity contribution in [2.75, 3.05) is 0 Å². The molecule has 0 saturated carbocycles. The lowest BCUT2D eigenvalue weighted by atomic mass is 10.1. The number of nitrogens with one attached hydrogen (secondary N) is 1. The van der Waals surface area contributed by atoms with Gasteiger partial charge in [0.25, 0.3) is 5.56 Å². The van der Waals surface area contributed by atoms with Gasteiger partial charge in [0, 0.05) is 53.3 Å². The number of aromatic amines is 1. The summed E-state index contributed by atoms with van der Waals surface area (Å²) in [5, 5.41) is 0.767. The molecule has 6 nitrogen and oxygen atoms in total. The van der Waals surface area contributed by atoms with Gasteiger partial charge in [-0.3, -0.25) is 9.59 Å². The minimum Gasteiger partial charge on any atom is -0.366 e. The average molecular weight is 340 g/mol. The number of hydrogen-bond donors (Lipinski definition) is 2. The molecule has 3 heterocycles. The minimum absolute atomic E-state index is 0.440. The summed E-state index contributed by atoms with van der Waals surface area (Å²) >= 11 is 0. The van der Waals surface area contributed by atoms with Crippen LogP contribution in [0.2, 0.25) is 0 Å². The third-order valence-electron chi connectivity index (χ3n) is 3.83. The Hall–Kier alpha value is -3.22. The highest BCUT2D eigenvalue weighted by Gasteiger charge is 2.10. The summed E-state index contributed by atoms with van der Waals surface area (Å²) < 4.78 is 15.3. The second kappa shape index (κ2) is 6.72. The first kappa shape index (κ1) is 16.6. The highest BCUT2D eigenvalue weighted by Crippen LogP contribution is 2.25. The summed E-state index contributed by atoms with van der Waals surface area (Å²) in [7, 11) is 0. The largest absolute Gasteiger partial charge is 0.366 e. The van der Waals surface area contributed by atoms with E-state index in [2.05, 4.69) is 9.97 Å². The van der Waals surface area contributed by atoms with Gasteiger partial charge in [-0.05, 0) is 24.6 Å². The van der Waals surface area contributed by atoms with E-state index in [4.69, 9.17) is 5.73 Å². The Balaban J connectivity index is 2.11. The molecule has 0 atom stereocenters. The van der Waals surface area contributed by atoms with E-state index < -0.39 is 17.3 Å². The summed E-state index contributed by atoms with van der Waals surface area (Å²) in [6.07, 6.45) is 8.51. The zero-order valence-electron chi connectivity index (χ0n) is 13.6. The van der Waals surface area contributed by atoms with Crippen molar-refractivity contribution in [3.05, 3.63) is 58.5 Å². The van der Waals surface area contributed by atoms with Crippen LogP contribution < -0.4 is 11.3 Å². The molecular formula is C18H17FN4O2. The van der Waals surface area contributed by atoms with Gasteiger partial charge in [-0.1, -0.05) is 6.92 Å². The van der Waals surface area contributed by atoms with Gasteiger partial charge in [-0.15, -0.1) is 0 Å². The summed E-state index contributed by atoms with van der Waals surface area (Å²) in [6.45, 7) is 2.36. The van der Waals surface area contributed by atoms with Crippen molar-refractivity contribution in [2.45, 2.75) is 19.9 Å². The molecule has 3 aromatic heterocycles. The molecule has 1 amide bonds. The van der Waals surface area contributed by atoms with Gasteiger partial charge < -0.3 is 15.3 Å². The first-order chi connectivity index (χ1) is 12.0. The lowest BCUT2D eigenvalue weighted by molar-refractivity contribution is -0.113. The molecular weight excluding hydrogens is 323 g/mol. The van der Waals surface area contributed by atoms with E-state index in [1.807, 2.05) is 13.0 Å². The van der Waals surface area contributed by atoms with E-state index in [0.29, 0.717) is 23.3 Å². The van der Waals surface area contributed by atoms with Crippen molar-refractivity contribution < 1.29 is 9.18 Å². The fourth-order valence-electron chi connectivity index (χ4n) is 2.66. The topological polar surface area (TPSA) is 93.8 Å². The van der Waals surface area contributed by atoms with Gasteiger partial charge >= 0.3 is 0 Å². The van der Waals surface area contributed by atoms with E-state index in [-0.39, 0.29) is 0 Å². The normalized spacial score (nSPS) is 11.4. The van der Waals surface area contributed by atoms with Crippen LogP contribution in [0, 0.1) is 5.82 Å². The Labute approximate surface area is 142 Å². The number of carbonyl (C=O) groups excluding carboxylic acids is 1. The zero-order valence-corrected chi connectivity index (χ0v) is 13.6. The maximum absolute atomic E-state index is 14.0. The van der Waals surface area contributed by atoms with Crippen LogP contribution in [-0.4, -0.2) is 20.4 Å². The van der Waals surface area contributed by atoms with Crippen LogP contribution in [0.25, 0.3) is 28.2 Å². The van der Waals surface area contributed by atoms with Crippen LogP contribution >= 0.6 is 0 Å². The van der Waals surface area contributed by atoms with Crippen LogP contribution in [-0.2, 0) is 11.3 Å². The molecule has 0 aliphatic carbocycles. The van der Waals surface area contributed by atoms with Crippen molar-refractivity contribution in [1.29, 1.82) is 0 Å². The van der Waals surface area contributed by atoms with E-state index >= 15 is 0 Å². The number of H-pyrrole nitrogens is 1. The number of aryl methyl sites for hydroxylation is 1. The third-order valence-corrected chi connectivity index (χ3v) is 3.83. The van der Waals surface area contributed by atoms with Gasteiger partial charge in [-0.25, -0.2) is 9.37 Å². The number of nitrogens with zero attached hydrogens (tertiary/aromatic N) is 2. The van der Waals surface area contributed by atoms with Crippen LogP contribution in [0.15, 0.2) is 41.6 Å². The SMILES string of the molecule is CCCn1cc(-c2cnc3[nH]cc(/C=C/C(N)=O)c3c2)cc(F)c1=O. The number of fused-ring (bicyclic) bond motifs is 1. The summed E-state index contributed by atoms with van der Waals surface area (Å²) in [4.78, 5) is 30.1. The fourth-order valence-corrected chi connectivity index (χ4v) is 2.66. The van der Waals surface area contributed by atoms with E-state index in [0.717, 1.165) is 17.4 Å². The fraction of sp³-hybridized carbons (Fsp3) is 0.167. The number of nitrogens with two attached hydrogens (primary N) is 1. The molecule has 128 valence electrons. The number of primary amides is 1. The second-order valence-corrected chi connectivity index (χ2v) is 5.68. The first-order valence-corrected chi connectivity index (χ1v) is 7.84. The Morgan fingerprint density at radius 2 is 2.20 bits per heavy atom. The van der Waals surface area contributed by atoms with Crippen LogP contribution in [0.1, 0.15) is 18.9 Å². The van der Waals surface area contributed by atoms with Crippen molar-refractivity contribution in [3.8, 4) is 11.1 Å². The predicted molar refractivity (Wildman–Crippen MR) is 94.3 cm³/mol. The van der Waals surface area contributed by atoms with Crippen molar-refractivity contribution in [3.63, 3.8) is 0 Å². The number of rotatable bonds is 5. The molecule has 3 aromatic rings. The van der Waals surface area contributed by atoms with Crippen molar-refractivity contribution >= 4 is 23.0 Å². The molecule has 25 heavy (non-hydrogen) atoms. The predicted octanol–water partition coefficient (Wildman–Crippen LogP) is 2.44. The van der Waals surface area contributed by atoms with Crippen LogP contribution in [0.5, 0.6) is 0 Å². The van der Waals surface area contributed by atoms with Gasteiger partial charge in [0.1, 0.15) is 5.65 Å². The molecule has 0 aliphatic rings. The van der Waals surface area contributed by atoms with Crippen LogP contribution in [0.3, 0.4) is 0 Å². The number of aromatic nitrogens is 3. The molecule has 0 aliphatic heterocycles. The molecule has 0 aromatic carbocycles. The van der Waals surface area contributed by atoms with Gasteiger partial charge in [0.05, 0.1) is 0 Å². The average Bonchev–Trinajstić information content (AvgIpc) is 2.99. The summed E-state index contributed by atoms with van der Waals surface area (Å²) in [6, 6.07) is 3.04. The number of halogens is 1. The standard InChI is InChI=1S/C18H17FN4O2/c1-2-5-23-10-13(7-15(19)18(23)25)12-6-14-11(3-4-16(20)24)8-21-17(14)22-9-12/h3-4,6-10H,2,5H2,1H3,(H2,20,24)(H,21,22)/b4-3+. The molecule has 0 spiro atoms. The zero-order chi connectivity index (χ0) is 18.0. The van der Waals surface area contributed by atoms with Gasteiger partial charge in [0.2, 0.25) is 5.91 Å². The minimum atomic E-state index is -0.797. The third kappa shape index (κ3) is 3.35. The number of amides is 1. The molecule has 0 radical (unpaired) electrons. The van der Waals surface area contributed by atoms with E-state index in [1.54, 1.807) is 24.7 Å². The Kier molecular flexibility index (Phi) is 4.47. The number of carbonyl (C=O) groups is 1. The van der Waals surface area contributed by atoms with Crippen molar-refractivity contribution in [1.82, 2.24) is 14.5 Å². The Morgan fingerprint density at radius 1 is 1.40 bits per heavy atom. The Morgan fingerprint density at radius 3 is 2.92 bits per heavy atom. The first-order valence-electron chi connectivity index (χ1n) is 7.84. The highest BCUT2D eigenvalue weighted by atomic mass is 19.1. The van der Waals surface area contributed by atoms with Gasteiger partial charge in [-0.2, -0.15) is 0 Å². The maximum atomic E-state index is 14.0. The number of pyridine rings is 2. The lowest BCUT2D eigenvalue weighted by Crippen LogP contribution is -2.22. The van der Waals surface area contributed by atoms with Crippen molar-refractivity contribution in [2.24, 2.45) is 5.73 Å². The summed E-state index contributed by atoms with van der Waals surface area (Å²) in [5.41, 5.74) is 7.10. The summed E-state index contributed by atoms with van der Waals surface area (Å²) in [5.74, 6) is -1.35. The Bertz CT molecular complexity index is 1030. The quantitative estimate of drug-likeness (QED) is 0.699.